The number of nitrogens with zero attached hydrogens (tertiary/aromatic N) is 2. The number of amides is 1. The number of alkyl halides is 3. The summed E-state index contributed by atoms with van der Waals surface area (Å²) in [5.41, 5.74) is -0.314. The van der Waals surface area contributed by atoms with E-state index in [0.29, 0.717) is 37.4 Å². The standard InChI is InChI=1S/C33H37F3N2O4.ClH/c1-19(2)38(27(40)11-8-20-4-3-5-23(16-20)33(34,35)36)24-12-13-32(41)26-17-22-9-10-25(39)29-28(22)31(32,30(24)42-29)14-15-37(26)18-21-6-7-21;/h3-5,8-11,16,19,21,24,26,30,39,41H,6-7,12-15,17-18H2,1-2H3;1H/t24-,26-,30+,31+,32-;/m1./s1. The van der Waals surface area contributed by atoms with Gasteiger partial charge in [0.15, 0.2) is 11.5 Å². The summed E-state index contributed by atoms with van der Waals surface area (Å²) >= 11 is 0. The minimum absolute atomic E-state index is 0. The van der Waals surface area contributed by atoms with Crippen molar-refractivity contribution in [2.75, 3.05) is 13.1 Å². The first-order chi connectivity index (χ1) is 19.9. The maximum atomic E-state index is 13.8. The van der Waals surface area contributed by atoms with Gasteiger partial charge in [0.2, 0.25) is 5.91 Å². The molecule has 2 aliphatic heterocycles. The van der Waals surface area contributed by atoms with Gasteiger partial charge >= 0.3 is 6.18 Å². The molecule has 1 spiro atoms. The van der Waals surface area contributed by atoms with Gasteiger partial charge in [-0.15, -0.1) is 12.4 Å². The number of likely N-dealkylation sites (tertiary alicyclic amines) is 1. The SMILES string of the molecule is CC(C)N(C(=O)C=Cc1cccc(C(F)(F)F)c1)[C@@H]1CC[C@@]2(O)[C@H]3Cc4ccc(O)c5c4[C@@]2(CCN3CC2CC2)[C@H]1O5.Cl. The van der Waals surface area contributed by atoms with Crippen LogP contribution in [0.1, 0.15) is 68.2 Å². The zero-order chi connectivity index (χ0) is 29.6. The number of piperidine rings is 1. The molecule has 0 unspecified atom stereocenters. The second-order valence-corrected chi connectivity index (χ2v) is 13.2. The van der Waals surface area contributed by atoms with Crippen LogP contribution in [0, 0.1) is 5.92 Å². The van der Waals surface area contributed by atoms with Crippen molar-refractivity contribution in [2.45, 2.75) is 93.8 Å². The highest BCUT2D eigenvalue weighted by atomic mass is 35.5. The molecule has 5 atom stereocenters. The molecule has 1 saturated heterocycles. The summed E-state index contributed by atoms with van der Waals surface area (Å²) < 4.78 is 46.4. The van der Waals surface area contributed by atoms with Crippen molar-refractivity contribution in [3.05, 3.63) is 64.7 Å². The highest BCUT2D eigenvalue weighted by molar-refractivity contribution is 5.92. The van der Waals surface area contributed by atoms with Gasteiger partial charge in [-0.2, -0.15) is 13.2 Å². The first-order valence-electron chi connectivity index (χ1n) is 15.1. The Bertz CT molecular complexity index is 1460. The number of hydrogen-bond acceptors (Lipinski definition) is 5. The molecule has 43 heavy (non-hydrogen) atoms. The fraction of sp³-hybridized carbons (Fsp3) is 0.545. The largest absolute Gasteiger partial charge is 0.504 e. The Balaban J connectivity index is 0.00000329. The zero-order valence-electron chi connectivity index (χ0n) is 24.3. The summed E-state index contributed by atoms with van der Waals surface area (Å²) in [7, 11) is 0. The van der Waals surface area contributed by atoms with Crippen LogP contribution >= 0.6 is 12.4 Å². The van der Waals surface area contributed by atoms with Crippen LogP contribution in [-0.4, -0.2) is 68.8 Å². The highest BCUT2D eigenvalue weighted by Gasteiger charge is 2.73. The maximum absolute atomic E-state index is 13.8. The summed E-state index contributed by atoms with van der Waals surface area (Å²) in [4.78, 5) is 18.0. The number of phenols is 1. The number of carbonyl (C=O) groups is 1. The van der Waals surface area contributed by atoms with E-state index >= 15 is 0 Å². The van der Waals surface area contributed by atoms with Crippen molar-refractivity contribution in [1.82, 2.24) is 9.80 Å². The Morgan fingerprint density at radius 1 is 1.19 bits per heavy atom. The van der Waals surface area contributed by atoms with Gasteiger partial charge in [-0.25, -0.2) is 0 Å². The van der Waals surface area contributed by atoms with Crippen molar-refractivity contribution < 1.29 is 32.9 Å². The second kappa shape index (κ2) is 10.4. The minimum Gasteiger partial charge on any atom is -0.504 e. The summed E-state index contributed by atoms with van der Waals surface area (Å²) in [6.45, 7) is 5.63. The van der Waals surface area contributed by atoms with Gasteiger partial charge in [0, 0.05) is 30.3 Å². The number of hydrogen-bond donors (Lipinski definition) is 2. The van der Waals surface area contributed by atoms with Crippen molar-refractivity contribution in [3.8, 4) is 11.5 Å². The number of ether oxygens (including phenoxy) is 1. The minimum atomic E-state index is -4.47. The molecule has 2 heterocycles. The summed E-state index contributed by atoms with van der Waals surface area (Å²) in [6, 6.07) is 7.85. The van der Waals surface area contributed by atoms with Gasteiger partial charge in [-0.3, -0.25) is 9.69 Å². The third-order valence-corrected chi connectivity index (χ3v) is 10.5. The number of aromatic hydroxyl groups is 1. The van der Waals surface area contributed by atoms with Gasteiger partial charge in [-0.05, 0) is 100 Å². The lowest BCUT2D eigenvalue weighted by molar-refractivity contribution is -0.202. The van der Waals surface area contributed by atoms with E-state index in [2.05, 4.69) is 4.90 Å². The van der Waals surface area contributed by atoms with Crippen LogP contribution in [0.25, 0.3) is 6.08 Å². The van der Waals surface area contributed by atoms with Crippen LogP contribution in [0.3, 0.4) is 0 Å². The number of benzene rings is 2. The lowest BCUT2D eigenvalue weighted by Crippen LogP contribution is -2.78. The zero-order valence-corrected chi connectivity index (χ0v) is 25.1. The molecule has 0 radical (unpaired) electrons. The average Bonchev–Trinajstić information content (AvgIpc) is 3.68. The predicted molar refractivity (Wildman–Crippen MR) is 158 cm³/mol. The Labute approximate surface area is 255 Å². The average molecular weight is 619 g/mol. The fourth-order valence-corrected chi connectivity index (χ4v) is 8.61. The number of rotatable bonds is 6. The van der Waals surface area contributed by atoms with E-state index in [0.717, 1.165) is 36.3 Å². The summed E-state index contributed by atoms with van der Waals surface area (Å²) in [6.07, 6.45) is 2.56. The molecular formula is C33H38ClF3N2O4. The van der Waals surface area contributed by atoms with Crippen LogP contribution in [0.15, 0.2) is 42.5 Å². The molecule has 3 aliphatic carbocycles. The van der Waals surface area contributed by atoms with Crippen LogP contribution in [0.2, 0.25) is 0 Å². The van der Waals surface area contributed by atoms with E-state index in [1.165, 1.54) is 37.1 Å². The van der Waals surface area contributed by atoms with E-state index in [4.69, 9.17) is 4.74 Å². The van der Waals surface area contributed by atoms with Gasteiger partial charge in [0.05, 0.1) is 22.6 Å². The molecule has 5 aliphatic rings. The summed E-state index contributed by atoms with van der Waals surface area (Å²) in [5.74, 6) is 0.831. The highest BCUT2D eigenvalue weighted by Crippen LogP contribution is 2.66. The molecule has 7 rings (SSSR count). The quantitative estimate of drug-likeness (QED) is 0.406. The van der Waals surface area contributed by atoms with Gasteiger partial charge in [0.25, 0.3) is 0 Å². The van der Waals surface area contributed by atoms with E-state index < -0.39 is 34.9 Å². The van der Waals surface area contributed by atoms with Crippen molar-refractivity contribution in [2.24, 2.45) is 5.92 Å². The van der Waals surface area contributed by atoms with E-state index in [1.807, 2.05) is 19.9 Å². The second-order valence-electron chi connectivity index (χ2n) is 13.2. The monoisotopic (exact) mass is 618 g/mol. The molecule has 2 aromatic rings. The molecule has 3 fully saturated rings. The number of phenolic OH excluding ortho intramolecular Hbond substituents is 1. The van der Waals surface area contributed by atoms with Crippen LogP contribution in [-0.2, 0) is 22.8 Å². The van der Waals surface area contributed by atoms with E-state index in [9.17, 15) is 28.2 Å². The molecule has 2 N–H and O–H groups in total. The number of carbonyl (C=O) groups excluding carboxylic acids is 1. The Morgan fingerprint density at radius 3 is 2.65 bits per heavy atom. The third kappa shape index (κ3) is 4.56. The van der Waals surface area contributed by atoms with E-state index in [-0.39, 0.29) is 41.7 Å². The molecule has 232 valence electrons. The van der Waals surface area contributed by atoms with Crippen LogP contribution in [0.5, 0.6) is 11.5 Å². The van der Waals surface area contributed by atoms with Crippen molar-refractivity contribution in [3.63, 3.8) is 0 Å². The van der Waals surface area contributed by atoms with Gasteiger partial charge in [0.1, 0.15) is 6.10 Å². The molecular weight excluding hydrogens is 581 g/mol. The van der Waals surface area contributed by atoms with Gasteiger partial charge in [-0.1, -0.05) is 18.2 Å². The topological polar surface area (TPSA) is 73.2 Å². The smallest absolute Gasteiger partial charge is 0.416 e. The lowest BCUT2D eigenvalue weighted by atomic mass is 9.48. The molecule has 10 heteroatoms. The molecule has 2 bridgehead atoms. The number of halogens is 4. The predicted octanol–water partition coefficient (Wildman–Crippen LogP) is 5.72. The lowest BCUT2D eigenvalue weighted by Gasteiger charge is -2.65. The molecule has 0 aromatic heterocycles. The molecule has 6 nitrogen and oxygen atoms in total. The Hall–Kier alpha value is -2.75. The molecule has 1 amide bonds. The van der Waals surface area contributed by atoms with Crippen LogP contribution in [0.4, 0.5) is 13.2 Å². The first-order valence-corrected chi connectivity index (χ1v) is 15.1. The van der Waals surface area contributed by atoms with Crippen LogP contribution < -0.4 is 4.74 Å². The fourth-order valence-electron chi connectivity index (χ4n) is 8.61. The van der Waals surface area contributed by atoms with Gasteiger partial charge < -0.3 is 19.8 Å². The Morgan fingerprint density at radius 2 is 1.95 bits per heavy atom. The molecule has 2 aromatic carbocycles. The first kappa shape index (κ1) is 30.3. The summed E-state index contributed by atoms with van der Waals surface area (Å²) in [5, 5.41) is 23.6. The van der Waals surface area contributed by atoms with E-state index in [1.54, 1.807) is 11.0 Å². The third-order valence-electron chi connectivity index (χ3n) is 10.5. The maximum Gasteiger partial charge on any atom is 0.416 e. The normalized spacial score (nSPS) is 31.0. The number of aliphatic hydroxyl groups is 1. The van der Waals surface area contributed by atoms with Crippen molar-refractivity contribution >= 4 is 24.4 Å². The Kier molecular flexibility index (Phi) is 7.34. The molecule has 2 saturated carbocycles. The van der Waals surface area contributed by atoms with Crippen molar-refractivity contribution in [1.29, 1.82) is 0 Å².